The highest BCUT2D eigenvalue weighted by Crippen LogP contribution is 2.39. The molecule has 1 amide bonds. The molecule has 1 aliphatic heterocycles. The first-order valence-electron chi connectivity index (χ1n) is 9.50. The second-order valence-electron chi connectivity index (χ2n) is 7.47. The van der Waals surface area contributed by atoms with Gasteiger partial charge in [-0.05, 0) is 31.7 Å². The molecule has 2 fully saturated rings. The van der Waals surface area contributed by atoms with Crippen molar-refractivity contribution in [1.29, 1.82) is 0 Å². The first kappa shape index (κ1) is 16.7. The number of imidazole rings is 1. The molecule has 7 nitrogen and oxygen atoms in total. The number of hydrogen-bond donors (Lipinski definition) is 1. The van der Waals surface area contributed by atoms with E-state index in [-0.39, 0.29) is 11.8 Å². The number of amides is 1. The molecular weight excluding hydrogens is 360 g/mol. The molecule has 1 saturated carbocycles. The van der Waals surface area contributed by atoms with E-state index in [4.69, 9.17) is 0 Å². The quantitative estimate of drug-likeness (QED) is 0.736. The third-order valence-corrected chi connectivity index (χ3v) is 6.11. The van der Waals surface area contributed by atoms with E-state index in [0.29, 0.717) is 18.2 Å². The van der Waals surface area contributed by atoms with Crippen LogP contribution in [0.25, 0.3) is 0 Å². The van der Waals surface area contributed by atoms with Gasteiger partial charge in [0.25, 0.3) is 5.91 Å². The Morgan fingerprint density at radius 3 is 3.00 bits per heavy atom. The molecule has 1 atom stereocenters. The maximum Gasteiger partial charge on any atom is 0.274 e. The van der Waals surface area contributed by atoms with Crippen molar-refractivity contribution in [1.82, 2.24) is 29.6 Å². The number of hydrogen-bond acceptors (Lipinski definition) is 5. The molecule has 8 heteroatoms. The summed E-state index contributed by atoms with van der Waals surface area (Å²) in [5, 5.41) is 9.37. The third-order valence-electron chi connectivity index (χ3n) is 5.47. The molecule has 140 valence electrons. The van der Waals surface area contributed by atoms with Crippen LogP contribution in [-0.4, -0.2) is 48.6 Å². The van der Waals surface area contributed by atoms with Crippen LogP contribution in [0, 0.1) is 0 Å². The van der Waals surface area contributed by atoms with E-state index in [1.807, 2.05) is 28.9 Å². The normalized spacial score (nSPS) is 20.1. The molecule has 2 aliphatic rings. The lowest BCUT2D eigenvalue weighted by Crippen LogP contribution is -2.40. The van der Waals surface area contributed by atoms with Crippen molar-refractivity contribution in [2.45, 2.75) is 44.1 Å². The minimum absolute atomic E-state index is 0.0282. The SMILES string of the molecule is O=C(c1cc(C2CC2)[nH]n1)N1CCCC(c2nccn2Cc2cscn2)C1. The number of aromatic amines is 1. The molecule has 0 spiro atoms. The standard InChI is InChI=1S/C19H22N6OS/c26-19(17-8-16(22-23-17)13-3-4-13)25-6-1-2-14(9-25)18-20-5-7-24(18)10-15-11-27-12-21-15/h5,7-8,11-14H,1-4,6,9-10H2,(H,22,23). The maximum atomic E-state index is 12.9. The molecule has 3 aromatic rings. The van der Waals surface area contributed by atoms with Gasteiger partial charge in [-0.1, -0.05) is 0 Å². The van der Waals surface area contributed by atoms with E-state index in [9.17, 15) is 4.79 Å². The summed E-state index contributed by atoms with van der Waals surface area (Å²) < 4.78 is 2.16. The zero-order chi connectivity index (χ0) is 18.2. The van der Waals surface area contributed by atoms with Gasteiger partial charge in [0.05, 0.1) is 17.7 Å². The van der Waals surface area contributed by atoms with Crippen molar-refractivity contribution < 1.29 is 4.79 Å². The zero-order valence-electron chi connectivity index (χ0n) is 15.0. The molecular formula is C19H22N6OS. The number of piperidine rings is 1. The van der Waals surface area contributed by atoms with E-state index in [2.05, 4.69) is 30.1 Å². The average Bonchev–Trinajstić information content (AvgIpc) is 3.10. The Labute approximate surface area is 161 Å². The highest BCUT2D eigenvalue weighted by Gasteiger charge is 2.31. The van der Waals surface area contributed by atoms with E-state index >= 15 is 0 Å². The Morgan fingerprint density at radius 2 is 2.19 bits per heavy atom. The van der Waals surface area contributed by atoms with Crippen LogP contribution >= 0.6 is 11.3 Å². The summed E-state index contributed by atoms with van der Waals surface area (Å²) in [5.41, 5.74) is 4.55. The van der Waals surface area contributed by atoms with Crippen LogP contribution in [0.5, 0.6) is 0 Å². The van der Waals surface area contributed by atoms with Crippen molar-refractivity contribution in [3.05, 3.63) is 52.3 Å². The van der Waals surface area contributed by atoms with Crippen LogP contribution in [0.1, 0.15) is 65.2 Å². The highest BCUT2D eigenvalue weighted by molar-refractivity contribution is 7.07. The van der Waals surface area contributed by atoms with Gasteiger partial charge in [-0.2, -0.15) is 5.10 Å². The maximum absolute atomic E-state index is 12.9. The lowest BCUT2D eigenvalue weighted by atomic mass is 9.96. The second kappa shape index (κ2) is 6.92. The molecule has 0 radical (unpaired) electrons. The average molecular weight is 382 g/mol. The van der Waals surface area contributed by atoms with E-state index < -0.39 is 0 Å². The minimum Gasteiger partial charge on any atom is -0.337 e. The number of H-pyrrole nitrogens is 1. The molecule has 5 rings (SSSR count). The predicted molar refractivity (Wildman–Crippen MR) is 102 cm³/mol. The molecule has 3 aromatic heterocycles. The largest absolute Gasteiger partial charge is 0.337 e. The van der Waals surface area contributed by atoms with E-state index in [0.717, 1.165) is 43.1 Å². The molecule has 27 heavy (non-hydrogen) atoms. The van der Waals surface area contributed by atoms with Crippen LogP contribution in [-0.2, 0) is 6.54 Å². The van der Waals surface area contributed by atoms with E-state index in [1.165, 1.54) is 12.8 Å². The number of carbonyl (C=O) groups is 1. The molecule has 0 bridgehead atoms. The van der Waals surface area contributed by atoms with Crippen molar-refractivity contribution in [2.75, 3.05) is 13.1 Å². The van der Waals surface area contributed by atoms with Crippen molar-refractivity contribution in [3.8, 4) is 0 Å². The Morgan fingerprint density at radius 1 is 1.26 bits per heavy atom. The fraction of sp³-hybridized carbons (Fsp3) is 0.474. The first-order valence-corrected chi connectivity index (χ1v) is 10.4. The minimum atomic E-state index is 0.0282. The second-order valence-corrected chi connectivity index (χ2v) is 8.18. The highest BCUT2D eigenvalue weighted by atomic mass is 32.1. The Hall–Kier alpha value is -2.48. The van der Waals surface area contributed by atoms with Gasteiger partial charge in [-0.25, -0.2) is 9.97 Å². The topological polar surface area (TPSA) is 79.7 Å². The number of nitrogens with zero attached hydrogens (tertiary/aromatic N) is 5. The van der Waals surface area contributed by atoms with Crippen LogP contribution in [0.3, 0.4) is 0 Å². The molecule has 4 heterocycles. The first-order chi connectivity index (χ1) is 13.3. The van der Waals surface area contributed by atoms with Crippen LogP contribution < -0.4 is 0 Å². The van der Waals surface area contributed by atoms with Crippen molar-refractivity contribution in [2.24, 2.45) is 0 Å². The number of nitrogens with one attached hydrogen (secondary N) is 1. The number of rotatable bonds is 5. The van der Waals surface area contributed by atoms with Crippen LogP contribution in [0.4, 0.5) is 0 Å². The summed E-state index contributed by atoms with van der Waals surface area (Å²) in [5.74, 6) is 1.89. The van der Waals surface area contributed by atoms with Gasteiger partial charge in [0.15, 0.2) is 0 Å². The molecule has 1 N–H and O–H groups in total. The summed E-state index contributed by atoms with van der Waals surface area (Å²) in [4.78, 5) is 23.8. The summed E-state index contributed by atoms with van der Waals surface area (Å²) >= 11 is 1.61. The molecule has 0 aromatic carbocycles. The summed E-state index contributed by atoms with van der Waals surface area (Å²) in [6, 6.07) is 1.94. The van der Waals surface area contributed by atoms with Gasteiger partial charge >= 0.3 is 0 Å². The van der Waals surface area contributed by atoms with Crippen LogP contribution in [0.2, 0.25) is 0 Å². The Bertz CT molecular complexity index is 926. The fourth-order valence-electron chi connectivity index (χ4n) is 3.89. The van der Waals surface area contributed by atoms with Crippen molar-refractivity contribution >= 4 is 17.2 Å². The number of aromatic nitrogens is 5. The number of thiazole rings is 1. The molecule has 1 unspecified atom stereocenters. The summed E-state index contributed by atoms with van der Waals surface area (Å²) in [6.45, 7) is 2.21. The summed E-state index contributed by atoms with van der Waals surface area (Å²) in [7, 11) is 0. The molecule has 1 aliphatic carbocycles. The van der Waals surface area contributed by atoms with Gasteiger partial charge in [0.1, 0.15) is 11.5 Å². The van der Waals surface area contributed by atoms with Gasteiger partial charge < -0.3 is 9.47 Å². The Balaban J connectivity index is 1.30. The molecule has 1 saturated heterocycles. The fourth-order valence-corrected chi connectivity index (χ4v) is 4.44. The Kier molecular flexibility index (Phi) is 4.27. The van der Waals surface area contributed by atoms with E-state index in [1.54, 1.807) is 11.3 Å². The summed E-state index contributed by atoms with van der Waals surface area (Å²) in [6.07, 6.45) is 8.28. The predicted octanol–water partition coefficient (Wildman–Crippen LogP) is 3.01. The third kappa shape index (κ3) is 3.41. The monoisotopic (exact) mass is 382 g/mol. The van der Waals surface area contributed by atoms with Gasteiger partial charge in [-0.15, -0.1) is 11.3 Å². The zero-order valence-corrected chi connectivity index (χ0v) is 15.9. The number of likely N-dealkylation sites (tertiary alicyclic amines) is 1. The van der Waals surface area contributed by atoms with Gasteiger partial charge in [0.2, 0.25) is 0 Å². The van der Waals surface area contributed by atoms with Crippen LogP contribution in [0.15, 0.2) is 29.4 Å². The smallest absolute Gasteiger partial charge is 0.274 e. The van der Waals surface area contributed by atoms with Gasteiger partial charge in [-0.3, -0.25) is 9.89 Å². The lowest BCUT2D eigenvalue weighted by molar-refractivity contribution is 0.0697. The lowest BCUT2D eigenvalue weighted by Gasteiger charge is -2.32. The van der Waals surface area contributed by atoms with Crippen molar-refractivity contribution in [3.63, 3.8) is 0 Å². The van der Waals surface area contributed by atoms with Gasteiger partial charge in [0, 0.05) is 48.4 Å². The number of carbonyl (C=O) groups excluding carboxylic acids is 1.